The predicted octanol–water partition coefficient (Wildman–Crippen LogP) is 0.267. The maximum Gasteiger partial charge on any atom is 0.327 e. The van der Waals surface area contributed by atoms with Crippen molar-refractivity contribution in [2.45, 2.75) is 0 Å². The first kappa shape index (κ1) is 8.10. The van der Waals surface area contributed by atoms with Crippen LogP contribution in [-0.4, -0.2) is 31.5 Å². The van der Waals surface area contributed by atoms with Gasteiger partial charge in [0.05, 0.1) is 31.8 Å². The SMILES string of the molecule is OCC12COP(=S)(OC1)OC2. The number of hydrogen-bond acceptors (Lipinski definition) is 5. The first-order valence-corrected chi connectivity index (χ1v) is 5.88. The van der Waals surface area contributed by atoms with Crippen molar-refractivity contribution in [1.29, 1.82) is 0 Å². The van der Waals surface area contributed by atoms with Crippen molar-refractivity contribution in [2.24, 2.45) is 5.41 Å². The smallest absolute Gasteiger partial charge is 0.327 e. The molecule has 0 aromatic heterocycles. The summed E-state index contributed by atoms with van der Waals surface area (Å²) < 4.78 is 15.5. The molecule has 64 valence electrons. The highest BCUT2D eigenvalue weighted by Crippen LogP contribution is 2.60. The zero-order chi connectivity index (χ0) is 7.95. The first-order valence-electron chi connectivity index (χ1n) is 3.33. The van der Waals surface area contributed by atoms with Crippen LogP contribution in [0.3, 0.4) is 0 Å². The summed E-state index contributed by atoms with van der Waals surface area (Å²) in [6.45, 7) is -0.913. The lowest BCUT2D eigenvalue weighted by atomic mass is 9.93. The summed E-state index contributed by atoms with van der Waals surface area (Å²) in [5, 5.41) is 8.99. The van der Waals surface area contributed by atoms with Gasteiger partial charge in [-0.25, -0.2) is 0 Å². The van der Waals surface area contributed by atoms with E-state index < -0.39 is 6.72 Å². The van der Waals surface area contributed by atoms with E-state index in [9.17, 15) is 0 Å². The van der Waals surface area contributed by atoms with Crippen molar-refractivity contribution in [3.05, 3.63) is 0 Å². The normalized spacial score (nSPS) is 49.5. The summed E-state index contributed by atoms with van der Waals surface area (Å²) in [6, 6.07) is 0. The molecule has 0 spiro atoms. The van der Waals surface area contributed by atoms with Crippen molar-refractivity contribution < 1.29 is 18.7 Å². The Morgan fingerprint density at radius 3 is 2.09 bits per heavy atom. The van der Waals surface area contributed by atoms with Gasteiger partial charge in [0.25, 0.3) is 0 Å². The van der Waals surface area contributed by atoms with Gasteiger partial charge >= 0.3 is 6.72 Å². The van der Waals surface area contributed by atoms with E-state index in [-0.39, 0.29) is 12.0 Å². The molecule has 0 aromatic rings. The van der Waals surface area contributed by atoms with E-state index in [0.29, 0.717) is 19.8 Å². The number of rotatable bonds is 1. The van der Waals surface area contributed by atoms with Gasteiger partial charge < -0.3 is 18.7 Å². The Balaban J connectivity index is 2.18. The van der Waals surface area contributed by atoms with Gasteiger partial charge in [-0.05, 0) is 11.8 Å². The topological polar surface area (TPSA) is 47.9 Å². The van der Waals surface area contributed by atoms with Gasteiger partial charge in [0.15, 0.2) is 0 Å². The number of hydrogen-bond donors (Lipinski definition) is 1. The number of aliphatic hydroxyl groups excluding tert-OH is 1. The summed E-state index contributed by atoms with van der Waals surface area (Å²) in [4.78, 5) is 0. The van der Waals surface area contributed by atoms with Gasteiger partial charge in [-0.15, -0.1) is 0 Å². The Kier molecular flexibility index (Phi) is 1.83. The van der Waals surface area contributed by atoms with E-state index in [0.717, 1.165) is 0 Å². The molecule has 11 heavy (non-hydrogen) atoms. The number of aliphatic hydroxyl groups is 1. The Morgan fingerprint density at radius 1 is 1.27 bits per heavy atom. The second-order valence-corrected chi connectivity index (χ2v) is 5.94. The third-order valence-electron chi connectivity index (χ3n) is 1.92. The molecular formula is C5H9O4PS. The highest BCUT2D eigenvalue weighted by atomic mass is 32.5. The maximum atomic E-state index is 8.99. The Labute approximate surface area is 69.7 Å². The van der Waals surface area contributed by atoms with E-state index in [1.54, 1.807) is 0 Å². The molecule has 0 radical (unpaired) electrons. The lowest BCUT2D eigenvalue weighted by molar-refractivity contribution is -0.0982. The van der Waals surface area contributed by atoms with Crippen LogP contribution >= 0.6 is 6.72 Å². The average molecular weight is 196 g/mol. The van der Waals surface area contributed by atoms with Crippen molar-refractivity contribution in [1.82, 2.24) is 0 Å². The van der Waals surface area contributed by atoms with Crippen LogP contribution in [0.4, 0.5) is 0 Å². The molecule has 2 bridgehead atoms. The van der Waals surface area contributed by atoms with Gasteiger partial charge in [-0.1, -0.05) is 0 Å². The monoisotopic (exact) mass is 196 g/mol. The molecule has 0 aromatic carbocycles. The van der Waals surface area contributed by atoms with Crippen molar-refractivity contribution in [3.63, 3.8) is 0 Å². The molecule has 0 saturated carbocycles. The molecule has 0 aliphatic carbocycles. The van der Waals surface area contributed by atoms with E-state index in [1.807, 2.05) is 0 Å². The largest absolute Gasteiger partial charge is 0.396 e. The standard InChI is InChI=1S/C5H9O4PS/c6-1-5-2-7-10(11,8-3-5)9-4-5/h6H,1-4H2. The minimum absolute atomic E-state index is 0.0301. The van der Waals surface area contributed by atoms with E-state index >= 15 is 0 Å². The fourth-order valence-corrected chi connectivity index (χ4v) is 3.02. The lowest BCUT2D eigenvalue weighted by Gasteiger charge is -2.45. The van der Waals surface area contributed by atoms with Crippen LogP contribution in [0.2, 0.25) is 0 Å². The lowest BCUT2D eigenvalue weighted by Crippen LogP contribution is -2.47. The summed E-state index contributed by atoms with van der Waals surface area (Å²) in [6.07, 6.45) is 0. The Hall–Kier alpha value is 0.490. The van der Waals surface area contributed by atoms with Crippen LogP contribution < -0.4 is 0 Å². The van der Waals surface area contributed by atoms with Crippen LogP contribution in [0.1, 0.15) is 0 Å². The quantitative estimate of drug-likeness (QED) is 0.610. The Bertz CT molecular complexity index is 187. The van der Waals surface area contributed by atoms with E-state index in [4.69, 9.17) is 30.5 Å². The molecule has 3 saturated heterocycles. The van der Waals surface area contributed by atoms with Crippen LogP contribution in [0.5, 0.6) is 0 Å². The van der Waals surface area contributed by atoms with Crippen LogP contribution in [0, 0.1) is 5.41 Å². The summed E-state index contributed by atoms with van der Waals surface area (Å²) in [5.74, 6) is 0. The second-order valence-electron chi connectivity index (χ2n) is 2.93. The molecule has 3 aliphatic rings. The van der Waals surface area contributed by atoms with Gasteiger partial charge in [-0.3, -0.25) is 0 Å². The van der Waals surface area contributed by atoms with Gasteiger partial charge in [0.1, 0.15) is 0 Å². The molecule has 6 heteroatoms. The third kappa shape index (κ3) is 1.26. The first-order chi connectivity index (χ1) is 5.18. The van der Waals surface area contributed by atoms with Crippen molar-refractivity contribution in [3.8, 4) is 0 Å². The van der Waals surface area contributed by atoms with E-state index in [2.05, 4.69) is 0 Å². The minimum Gasteiger partial charge on any atom is -0.396 e. The molecule has 4 nitrogen and oxygen atoms in total. The second kappa shape index (κ2) is 2.49. The minimum atomic E-state index is -2.36. The Morgan fingerprint density at radius 2 is 1.73 bits per heavy atom. The highest BCUT2D eigenvalue weighted by molar-refractivity contribution is 8.07. The van der Waals surface area contributed by atoms with E-state index in [1.165, 1.54) is 0 Å². The third-order valence-corrected chi connectivity index (χ3v) is 4.21. The summed E-state index contributed by atoms with van der Waals surface area (Å²) in [5.41, 5.74) is -0.347. The van der Waals surface area contributed by atoms with Crippen molar-refractivity contribution in [2.75, 3.05) is 26.4 Å². The fraction of sp³-hybridized carbons (Fsp3) is 1.00. The molecule has 3 heterocycles. The van der Waals surface area contributed by atoms with Gasteiger partial charge in [0.2, 0.25) is 0 Å². The predicted molar refractivity (Wildman–Crippen MR) is 41.7 cm³/mol. The zero-order valence-electron chi connectivity index (χ0n) is 5.86. The van der Waals surface area contributed by atoms with Crippen LogP contribution in [0.15, 0.2) is 0 Å². The molecule has 0 unspecified atom stereocenters. The van der Waals surface area contributed by atoms with Crippen LogP contribution in [-0.2, 0) is 25.4 Å². The summed E-state index contributed by atoms with van der Waals surface area (Å²) in [7, 11) is 0. The highest BCUT2D eigenvalue weighted by Gasteiger charge is 2.47. The van der Waals surface area contributed by atoms with Gasteiger partial charge in [0, 0.05) is 0 Å². The van der Waals surface area contributed by atoms with Gasteiger partial charge in [-0.2, -0.15) is 0 Å². The van der Waals surface area contributed by atoms with Crippen LogP contribution in [0.25, 0.3) is 0 Å². The summed E-state index contributed by atoms with van der Waals surface area (Å²) >= 11 is 4.95. The molecule has 0 amide bonds. The molecular weight excluding hydrogens is 187 g/mol. The molecule has 1 N–H and O–H groups in total. The molecule has 3 fully saturated rings. The average Bonchev–Trinajstić information content (AvgIpc) is 2.07. The van der Waals surface area contributed by atoms with Crippen molar-refractivity contribution >= 4 is 18.5 Å². The molecule has 3 aliphatic heterocycles. The molecule has 3 rings (SSSR count). The maximum absolute atomic E-state index is 8.99. The molecule has 0 atom stereocenters. The zero-order valence-corrected chi connectivity index (χ0v) is 7.57. The number of fused-ring (bicyclic) bond motifs is 3. The fourth-order valence-electron chi connectivity index (χ4n) is 1.02.